The predicted molar refractivity (Wildman–Crippen MR) is 84.5 cm³/mol. The molecule has 0 bridgehead atoms. The number of fused-ring (bicyclic) bond motifs is 3. The van der Waals surface area contributed by atoms with Crippen LogP contribution in [0.3, 0.4) is 0 Å². The SMILES string of the molecule is CC[C@]1(C)C=C2CC[C@@H]3[C@](C)(CCC[C@@]3(C)O)[C@H]2CC1. The Morgan fingerprint density at radius 3 is 2.60 bits per heavy atom. The van der Waals surface area contributed by atoms with Gasteiger partial charge in [-0.05, 0) is 74.5 Å². The van der Waals surface area contributed by atoms with Gasteiger partial charge in [-0.2, -0.15) is 0 Å². The van der Waals surface area contributed by atoms with Crippen LogP contribution in [0.25, 0.3) is 0 Å². The van der Waals surface area contributed by atoms with E-state index in [1.807, 2.05) is 0 Å². The molecule has 0 radical (unpaired) electrons. The minimum absolute atomic E-state index is 0.348. The molecule has 3 aliphatic rings. The van der Waals surface area contributed by atoms with Crippen molar-refractivity contribution in [3.05, 3.63) is 11.6 Å². The Hall–Kier alpha value is -0.300. The number of hydrogen-bond acceptors (Lipinski definition) is 1. The van der Waals surface area contributed by atoms with Crippen molar-refractivity contribution >= 4 is 0 Å². The van der Waals surface area contributed by atoms with E-state index in [0.29, 0.717) is 16.7 Å². The molecule has 0 aromatic rings. The van der Waals surface area contributed by atoms with Gasteiger partial charge in [0, 0.05) is 0 Å². The van der Waals surface area contributed by atoms with Crippen LogP contribution in [0.1, 0.15) is 79.1 Å². The van der Waals surface area contributed by atoms with E-state index in [1.54, 1.807) is 5.57 Å². The van der Waals surface area contributed by atoms with Crippen LogP contribution in [0, 0.1) is 22.7 Å². The number of allylic oxidation sites excluding steroid dienone is 2. The van der Waals surface area contributed by atoms with E-state index in [-0.39, 0.29) is 0 Å². The zero-order valence-corrected chi connectivity index (χ0v) is 13.8. The maximum atomic E-state index is 10.9. The van der Waals surface area contributed by atoms with E-state index >= 15 is 0 Å². The van der Waals surface area contributed by atoms with Gasteiger partial charge in [0.05, 0.1) is 5.60 Å². The van der Waals surface area contributed by atoms with E-state index in [1.165, 1.54) is 44.9 Å². The lowest BCUT2D eigenvalue weighted by molar-refractivity contribution is -0.128. The van der Waals surface area contributed by atoms with Crippen LogP contribution in [0.15, 0.2) is 11.6 Å². The molecule has 0 spiro atoms. The lowest BCUT2D eigenvalue weighted by Gasteiger charge is -2.58. The third kappa shape index (κ3) is 2.08. The largest absolute Gasteiger partial charge is 0.390 e. The molecule has 114 valence electrons. The molecule has 0 heterocycles. The first kappa shape index (κ1) is 14.6. The minimum Gasteiger partial charge on any atom is -0.390 e. The molecule has 0 aromatic heterocycles. The van der Waals surface area contributed by atoms with E-state index in [2.05, 4.69) is 33.8 Å². The summed E-state index contributed by atoms with van der Waals surface area (Å²) in [5.74, 6) is 1.25. The average molecular weight is 276 g/mol. The Labute approximate surface area is 124 Å². The Morgan fingerprint density at radius 2 is 1.90 bits per heavy atom. The van der Waals surface area contributed by atoms with Gasteiger partial charge in [-0.25, -0.2) is 0 Å². The molecule has 0 aliphatic heterocycles. The van der Waals surface area contributed by atoms with Crippen LogP contribution in [0.2, 0.25) is 0 Å². The van der Waals surface area contributed by atoms with E-state index in [0.717, 1.165) is 12.3 Å². The molecular weight excluding hydrogens is 244 g/mol. The summed E-state index contributed by atoms with van der Waals surface area (Å²) in [4.78, 5) is 0. The zero-order chi connectivity index (χ0) is 14.6. The standard InChI is InChI=1S/C19H32O/c1-5-17(2)12-9-15-14(13-17)7-8-16-18(15,3)10-6-11-19(16,4)20/h13,15-16,20H,5-12H2,1-4H3/t15-,16+,17-,18+,19+/m0/s1. The van der Waals surface area contributed by atoms with Crippen molar-refractivity contribution in [3.63, 3.8) is 0 Å². The van der Waals surface area contributed by atoms with Crippen LogP contribution in [0.5, 0.6) is 0 Å². The second kappa shape index (κ2) is 4.60. The van der Waals surface area contributed by atoms with Crippen LogP contribution in [-0.2, 0) is 0 Å². The van der Waals surface area contributed by atoms with Gasteiger partial charge in [-0.3, -0.25) is 0 Å². The van der Waals surface area contributed by atoms with Crippen LogP contribution < -0.4 is 0 Å². The second-order valence-corrected chi connectivity index (χ2v) is 8.63. The summed E-state index contributed by atoms with van der Waals surface area (Å²) in [6.45, 7) is 9.35. The fourth-order valence-electron chi connectivity index (χ4n) is 5.81. The first-order valence-electron chi connectivity index (χ1n) is 8.75. The first-order valence-corrected chi connectivity index (χ1v) is 8.75. The number of rotatable bonds is 1. The molecule has 0 aromatic carbocycles. The summed E-state index contributed by atoms with van der Waals surface area (Å²) < 4.78 is 0. The molecule has 0 unspecified atom stereocenters. The monoisotopic (exact) mass is 276 g/mol. The van der Waals surface area contributed by atoms with Gasteiger partial charge in [0.1, 0.15) is 0 Å². The highest BCUT2D eigenvalue weighted by molar-refractivity contribution is 5.24. The maximum Gasteiger partial charge on any atom is 0.0653 e. The fraction of sp³-hybridized carbons (Fsp3) is 0.895. The van der Waals surface area contributed by atoms with Gasteiger partial charge < -0.3 is 5.11 Å². The molecule has 1 N–H and O–H groups in total. The van der Waals surface area contributed by atoms with Gasteiger partial charge in [0.15, 0.2) is 0 Å². The Kier molecular flexibility index (Phi) is 3.36. The van der Waals surface area contributed by atoms with Crippen molar-refractivity contribution in [2.24, 2.45) is 22.7 Å². The highest BCUT2D eigenvalue weighted by Gasteiger charge is 2.55. The van der Waals surface area contributed by atoms with Crippen LogP contribution in [0.4, 0.5) is 0 Å². The number of aliphatic hydroxyl groups is 1. The fourth-order valence-corrected chi connectivity index (χ4v) is 5.81. The third-order valence-electron chi connectivity index (χ3n) is 7.26. The molecule has 5 atom stereocenters. The highest BCUT2D eigenvalue weighted by Crippen LogP contribution is 2.61. The van der Waals surface area contributed by atoms with Crippen molar-refractivity contribution in [2.45, 2.75) is 84.7 Å². The van der Waals surface area contributed by atoms with Crippen molar-refractivity contribution in [1.29, 1.82) is 0 Å². The van der Waals surface area contributed by atoms with Gasteiger partial charge >= 0.3 is 0 Å². The van der Waals surface area contributed by atoms with Crippen LogP contribution in [-0.4, -0.2) is 10.7 Å². The first-order chi connectivity index (χ1) is 9.31. The molecule has 1 nitrogen and oxygen atoms in total. The molecule has 3 aliphatic carbocycles. The molecule has 0 saturated heterocycles. The van der Waals surface area contributed by atoms with Gasteiger partial charge in [-0.15, -0.1) is 0 Å². The second-order valence-electron chi connectivity index (χ2n) is 8.63. The Morgan fingerprint density at radius 1 is 1.15 bits per heavy atom. The van der Waals surface area contributed by atoms with E-state index in [4.69, 9.17) is 0 Å². The summed E-state index contributed by atoms with van der Waals surface area (Å²) >= 11 is 0. The van der Waals surface area contributed by atoms with Gasteiger partial charge in [0.25, 0.3) is 0 Å². The summed E-state index contributed by atoms with van der Waals surface area (Å²) in [5.41, 5.74) is 2.09. The average Bonchev–Trinajstić information content (AvgIpc) is 2.37. The topological polar surface area (TPSA) is 20.2 Å². The van der Waals surface area contributed by atoms with E-state index in [9.17, 15) is 5.11 Å². The summed E-state index contributed by atoms with van der Waals surface area (Å²) in [6.07, 6.45) is 12.5. The lowest BCUT2D eigenvalue weighted by Crippen LogP contribution is -2.54. The molecule has 20 heavy (non-hydrogen) atoms. The maximum absolute atomic E-state index is 10.9. The van der Waals surface area contributed by atoms with Crippen molar-refractivity contribution in [3.8, 4) is 0 Å². The van der Waals surface area contributed by atoms with Gasteiger partial charge in [0.2, 0.25) is 0 Å². The van der Waals surface area contributed by atoms with E-state index < -0.39 is 5.60 Å². The Balaban J connectivity index is 1.95. The summed E-state index contributed by atoms with van der Waals surface area (Å²) in [6, 6.07) is 0. The molecular formula is C19H32O. The molecule has 2 saturated carbocycles. The quantitative estimate of drug-likeness (QED) is 0.661. The zero-order valence-electron chi connectivity index (χ0n) is 13.8. The smallest absolute Gasteiger partial charge is 0.0653 e. The lowest BCUT2D eigenvalue weighted by atomic mass is 9.48. The normalized spacial score (nSPS) is 52.0. The van der Waals surface area contributed by atoms with Crippen molar-refractivity contribution in [1.82, 2.24) is 0 Å². The highest BCUT2D eigenvalue weighted by atomic mass is 16.3. The third-order valence-corrected chi connectivity index (χ3v) is 7.26. The molecule has 2 fully saturated rings. The van der Waals surface area contributed by atoms with Crippen molar-refractivity contribution in [2.75, 3.05) is 0 Å². The minimum atomic E-state index is -0.427. The summed E-state index contributed by atoms with van der Waals surface area (Å²) in [5, 5.41) is 10.9. The summed E-state index contributed by atoms with van der Waals surface area (Å²) in [7, 11) is 0. The van der Waals surface area contributed by atoms with Crippen LogP contribution >= 0.6 is 0 Å². The number of hydrogen-bond donors (Lipinski definition) is 1. The molecule has 0 amide bonds. The van der Waals surface area contributed by atoms with Crippen molar-refractivity contribution < 1.29 is 5.11 Å². The van der Waals surface area contributed by atoms with Gasteiger partial charge in [-0.1, -0.05) is 38.8 Å². The predicted octanol–water partition coefficient (Wildman–Crippen LogP) is 5.09. The molecule has 1 heteroatoms. The molecule has 3 rings (SSSR count). The Bertz CT molecular complexity index is 421.